The van der Waals surface area contributed by atoms with E-state index >= 15 is 0 Å². The van der Waals surface area contributed by atoms with Gasteiger partial charge < -0.3 is 10.2 Å². The molecule has 0 aliphatic heterocycles. The molecule has 0 aromatic heterocycles. The Morgan fingerprint density at radius 3 is 2.05 bits per heavy atom. The summed E-state index contributed by atoms with van der Waals surface area (Å²) in [7, 11) is -3.80. The topological polar surface area (TPSA) is 74.6 Å². The third-order valence-corrected chi connectivity index (χ3v) is 5.70. The number of hydrogen-bond acceptors (Lipinski definition) is 4. The summed E-state index contributed by atoms with van der Waals surface area (Å²) in [5.41, 5.74) is 2.11. The zero-order valence-electron chi connectivity index (χ0n) is 12.4. The van der Waals surface area contributed by atoms with Crippen LogP contribution in [0.25, 0.3) is 0 Å². The van der Waals surface area contributed by atoms with Gasteiger partial charge in [-0.25, -0.2) is 8.42 Å². The molecule has 0 heterocycles. The summed E-state index contributed by atoms with van der Waals surface area (Å²) >= 11 is 0. The maximum atomic E-state index is 12.8. The standard InChI is InChI=1S/C16H18O4S/c1-9-5-6-14(12(4)16(9)18)21(19,20)15-8-13(17)10(2)7-11(15)3/h5-8,17-18H,1-4H3. The molecule has 0 spiro atoms. The number of phenolic OH excluding ortho intramolecular Hbond substituents is 2. The molecule has 0 fully saturated rings. The molecule has 0 unspecified atom stereocenters. The molecule has 21 heavy (non-hydrogen) atoms. The summed E-state index contributed by atoms with van der Waals surface area (Å²) in [5, 5.41) is 19.7. The Kier molecular flexibility index (Phi) is 3.72. The van der Waals surface area contributed by atoms with Crippen LogP contribution in [-0.4, -0.2) is 18.6 Å². The molecule has 0 aliphatic carbocycles. The maximum absolute atomic E-state index is 12.8. The number of rotatable bonds is 2. The van der Waals surface area contributed by atoms with Crippen LogP contribution in [0.3, 0.4) is 0 Å². The highest BCUT2D eigenvalue weighted by Gasteiger charge is 2.24. The normalized spacial score (nSPS) is 11.6. The van der Waals surface area contributed by atoms with E-state index in [4.69, 9.17) is 0 Å². The average molecular weight is 306 g/mol. The Bertz CT molecular complexity index is 813. The molecule has 0 amide bonds. The van der Waals surface area contributed by atoms with Crippen molar-refractivity contribution in [3.05, 3.63) is 46.5 Å². The highest BCUT2D eigenvalue weighted by atomic mass is 32.2. The molecule has 0 atom stereocenters. The minimum Gasteiger partial charge on any atom is -0.508 e. The fourth-order valence-corrected chi connectivity index (χ4v) is 4.07. The number of hydrogen-bond donors (Lipinski definition) is 2. The first-order valence-electron chi connectivity index (χ1n) is 6.50. The molecule has 0 radical (unpaired) electrons. The first-order valence-corrected chi connectivity index (χ1v) is 7.99. The second-order valence-electron chi connectivity index (χ2n) is 5.26. The second kappa shape index (κ2) is 5.07. The van der Waals surface area contributed by atoms with Crippen molar-refractivity contribution in [2.24, 2.45) is 0 Å². The number of aromatic hydroxyl groups is 2. The van der Waals surface area contributed by atoms with Crippen molar-refractivity contribution in [2.75, 3.05) is 0 Å². The third-order valence-electron chi connectivity index (χ3n) is 3.66. The summed E-state index contributed by atoms with van der Waals surface area (Å²) in [6, 6.07) is 5.94. The summed E-state index contributed by atoms with van der Waals surface area (Å²) in [5.74, 6) is -0.0850. The highest BCUT2D eigenvalue weighted by Crippen LogP contribution is 2.34. The number of benzene rings is 2. The average Bonchev–Trinajstić information content (AvgIpc) is 2.39. The fraction of sp³-hybridized carbons (Fsp3) is 0.250. The minimum absolute atomic E-state index is 0.0231. The zero-order chi connectivity index (χ0) is 15.9. The lowest BCUT2D eigenvalue weighted by molar-refractivity contribution is 0.464. The molecule has 5 heteroatoms. The van der Waals surface area contributed by atoms with Crippen molar-refractivity contribution in [3.8, 4) is 11.5 Å². The molecule has 0 saturated heterocycles. The van der Waals surface area contributed by atoms with Crippen molar-refractivity contribution in [1.29, 1.82) is 0 Å². The monoisotopic (exact) mass is 306 g/mol. The van der Waals surface area contributed by atoms with Crippen LogP contribution >= 0.6 is 0 Å². The fourth-order valence-electron chi connectivity index (χ4n) is 2.34. The molecule has 0 bridgehead atoms. The Hall–Kier alpha value is -2.01. The second-order valence-corrected chi connectivity index (χ2v) is 7.15. The molecule has 2 N–H and O–H groups in total. The van der Waals surface area contributed by atoms with Crippen LogP contribution in [0.5, 0.6) is 11.5 Å². The van der Waals surface area contributed by atoms with Crippen LogP contribution in [-0.2, 0) is 9.84 Å². The zero-order valence-corrected chi connectivity index (χ0v) is 13.2. The first kappa shape index (κ1) is 15.4. The van der Waals surface area contributed by atoms with Gasteiger partial charge in [0.1, 0.15) is 11.5 Å². The SMILES string of the molecule is Cc1cc(C)c(S(=O)(=O)c2ccc(C)c(O)c2C)cc1O. The Balaban J connectivity index is 2.75. The summed E-state index contributed by atoms with van der Waals surface area (Å²) in [6.07, 6.45) is 0. The lowest BCUT2D eigenvalue weighted by Crippen LogP contribution is -2.07. The van der Waals surface area contributed by atoms with Gasteiger partial charge in [-0.3, -0.25) is 0 Å². The summed E-state index contributed by atoms with van der Waals surface area (Å²) in [4.78, 5) is 0.105. The lowest BCUT2D eigenvalue weighted by atomic mass is 10.1. The molecule has 0 saturated carbocycles. The van der Waals surface area contributed by atoms with Gasteiger partial charge in [0.25, 0.3) is 0 Å². The first-order chi connectivity index (χ1) is 9.66. The Morgan fingerprint density at radius 1 is 0.810 bits per heavy atom. The van der Waals surface area contributed by atoms with Crippen molar-refractivity contribution >= 4 is 9.84 Å². The largest absolute Gasteiger partial charge is 0.508 e. The van der Waals surface area contributed by atoms with Crippen LogP contribution < -0.4 is 0 Å². The maximum Gasteiger partial charge on any atom is 0.207 e. The molecular formula is C16H18O4S. The van der Waals surface area contributed by atoms with Gasteiger partial charge in [-0.05, 0) is 56.5 Å². The van der Waals surface area contributed by atoms with E-state index in [1.165, 1.54) is 12.1 Å². The predicted molar refractivity (Wildman–Crippen MR) is 80.6 cm³/mol. The molecule has 0 aliphatic rings. The number of sulfone groups is 1. The van der Waals surface area contributed by atoms with Crippen LogP contribution in [0.2, 0.25) is 0 Å². The molecule has 4 nitrogen and oxygen atoms in total. The third kappa shape index (κ3) is 2.49. The van der Waals surface area contributed by atoms with Gasteiger partial charge in [-0.1, -0.05) is 12.1 Å². The van der Waals surface area contributed by atoms with Crippen molar-refractivity contribution < 1.29 is 18.6 Å². The highest BCUT2D eigenvalue weighted by molar-refractivity contribution is 7.91. The van der Waals surface area contributed by atoms with Crippen LogP contribution in [0.4, 0.5) is 0 Å². The van der Waals surface area contributed by atoms with E-state index in [2.05, 4.69) is 0 Å². The quantitative estimate of drug-likeness (QED) is 0.893. The van der Waals surface area contributed by atoms with Crippen molar-refractivity contribution in [3.63, 3.8) is 0 Å². The van der Waals surface area contributed by atoms with E-state index in [0.717, 1.165) is 0 Å². The van der Waals surface area contributed by atoms with E-state index in [1.807, 2.05) is 0 Å². The molecular weight excluding hydrogens is 288 g/mol. The molecule has 2 aromatic carbocycles. The number of phenols is 2. The van der Waals surface area contributed by atoms with Gasteiger partial charge in [-0.15, -0.1) is 0 Å². The number of aryl methyl sites for hydroxylation is 3. The van der Waals surface area contributed by atoms with Gasteiger partial charge in [0, 0.05) is 5.56 Å². The van der Waals surface area contributed by atoms with Crippen molar-refractivity contribution in [2.45, 2.75) is 37.5 Å². The van der Waals surface area contributed by atoms with Crippen LogP contribution in [0.1, 0.15) is 22.3 Å². The van der Waals surface area contributed by atoms with E-state index in [0.29, 0.717) is 22.3 Å². The van der Waals surface area contributed by atoms with Gasteiger partial charge in [0.05, 0.1) is 9.79 Å². The van der Waals surface area contributed by atoms with E-state index in [9.17, 15) is 18.6 Å². The van der Waals surface area contributed by atoms with Gasteiger partial charge in [0.15, 0.2) is 0 Å². The smallest absolute Gasteiger partial charge is 0.207 e. The van der Waals surface area contributed by atoms with Crippen LogP contribution in [0.15, 0.2) is 34.1 Å². The van der Waals surface area contributed by atoms with Crippen molar-refractivity contribution in [1.82, 2.24) is 0 Å². The van der Waals surface area contributed by atoms with Crippen LogP contribution in [0, 0.1) is 27.7 Å². The molecule has 2 rings (SSSR count). The summed E-state index contributed by atoms with van der Waals surface area (Å²) < 4.78 is 25.6. The van der Waals surface area contributed by atoms with E-state index in [1.54, 1.807) is 39.8 Å². The predicted octanol–water partition coefficient (Wildman–Crippen LogP) is 3.16. The summed E-state index contributed by atoms with van der Waals surface area (Å²) in [6.45, 7) is 6.67. The molecule has 2 aromatic rings. The lowest BCUT2D eigenvalue weighted by Gasteiger charge is -2.13. The minimum atomic E-state index is -3.80. The Morgan fingerprint density at radius 2 is 1.43 bits per heavy atom. The van der Waals surface area contributed by atoms with Gasteiger partial charge in [0.2, 0.25) is 9.84 Å². The van der Waals surface area contributed by atoms with Gasteiger partial charge >= 0.3 is 0 Å². The van der Waals surface area contributed by atoms with E-state index < -0.39 is 9.84 Å². The van der Waals surface area contributed by atoms with E-state index in [-0.39, 0.29) is 21.3 Å². The Labute approximate surface area is 124 Å². The molecule has 112 valence electrons. The van der Waals surface area contributed by atoms with Gasteiger partial charge in [-0.2, -0.15) is 0 Å².